The predicted molar refractivity (Wildman–Crippen MR) is 123 cm³/mol. The summed E-state index contributed by atoms with van der Waals surface area (Å²) < 4.78 is 2.38. The van der Waals surface area contributed by atoms with E-state index in [1.807, 2.05) is 18.3 Å². The van der Waals surface area contributed by atoms with E-state index >= 15 is 0 Å². The Hall–Kier alpha value is -2.66. The number of benzene rings is 1. The first-order valence-corrected chi connectivity index (χ1v) is 10.6. The number of thiocarbonyl (C=S) groups is 1. The third kappa shape index (κ3) is 3.23. The van der Waals surface area contributed by atoms with Crippen LogP contribution in [-0.2, 0) is 0 Å². The SMILES string of the molecule is CCN1C(=S)N[C@@H](c2ccccn2)[C@H]1c1cc(C)n(-c2cccc(C)c2C)c1C. The number of aryl methyl sites for hydroxylation is 2. The third-order valence-electron chi connectivity index (χ3n) is 6.14. The molecule has 0 radical (unpaired) electrons. The molecule has 0 spiro atoms. The van der Waals surface area contributed by atoms with Gasteiger partial charge in [0.15, 0.2) is 5.11 Å². The molecule has 4 rings (SSSR count). The lowest BCUT2D eigenvalue weighted by molar-refractivity contribution is 0.329. The van der Waals surface area contributed by atoms with Crippen molar-refractivity contribution in [2.24, 2.45) is 0 Å². The first-order valence-electron chi connectivity index (χ1n) is 10.2. The van der Waals surface area contributed by atoms with E-state index in [0.29, 0.717) is 0 Å². The van der Waals surface area contributed by atoms with Gasteiger partial charge in [-0.25, -0.2) is 0 Å². The first-order chi connectivity index (χ1) is 13.9. The van der Waals surface area contributed by atoms with E-state index in [4.69, 9.17) is 12.2 Å². The van der Waals surface area contributed by atoms with E-state index in [0.717, 1.165) is 17.4 Å². The highest BCUT2D eigenvalue weighted by atomic mass is 32.1. The first kappa shape index (κ1) is 19.6. The zero-order chi connectivity index (χ0) is 20.7. The predicted octanol–water partition coefficient (Wildman–Crippen LogP) is 5.10. The van der Waals surface area contributed by atoms with Gasteiger partial charge in [0, 0.05) is 29.8 Å². The maximum atomic E-state index is 5.69. The Labute approximate surface area is 178 Å². The number of nitrogens with zero attached hydrogens (tertiary/aromatic N) is 3. The maximum absolute atomic E-state index is 5.69. The van der Waals surface area contributed by atoms with Gasteiger partial charge in [0.25, 0.3) is 0 Å². The molecule has 2 aromatic heterocycles. The summed E-state index contributed by atoms with van der Waals surface area (Å²) in [6, 6.07) is 15.1. The molecule has 0 aliphatic carbocycles. The summed E-state index contributed by atoms with van der Waals surface area (Å²) in [7, 11) is 0. The summed E-state index contributed by atoms with van der Waals surface area (Å²) in [4.78, 5) is 6.91. The molecule has 0 bridgehead atoms. The fourth-order valence-electron chi connectivity index (χ4n) is 4.52. The molecule has 29 heavy (non-hydrogen) atoms. The van der Waals surface area contributed by atoms with Crippen LogP contribution in [0.1, 0.15) is 52.8 Å². The largest absolute Gasteiger partial charge is 0.352 e. The lowest BCUT2D eigenvalue weighted by atomic mass is 9.97. The van der Waals surface area contributed by atoms with Gasteiger partial charge in [-0.15, -0.1) is 0 Å². The maximum Gasteiger partial charge on any atom is 0.170 e. The standard InChI is InChI=1S/C24H28N4S/c1-6-27-23(22(26-24(27)29)20-11-7-8-13-25-20)19-14-16(3)28(18(19)5)21-12-9-10-15(2)17(21)4/h7-14,22-23H,6H2,1-5H3,(H,26,29)/t22-,23+/m0/s1. The molecule has 3 aromatic rings. The Balaban J connectivity index is 1.86. The molecule has 4 nitrogen and oxygen atoms in total. The summed E-state index contributed by atoms with van der Waals surface area (Å²) in [5.74, 6) is 0. The fraction of sp³-hybridized carbons (Fsp3) is 0.333. The van der Waals surface area contributed by atoms with Crippen LogP contribution >= 0.6 is 12.2 Å². The smallest absolute Gasteiger partial charge is 0.170 e. The summed E-state index contributed by atoms with van der Waals surface area (Å²) in [5.41, 5.74) is 8.68. The Bertz CT molecular complexity index is 1050. The molecular formula is C24H28N4S. The molecule has 0 amide bonds. The van der Waals surface area contributed by atoms with Crippen molar-refractivity contribution in [1.82, 2.24) is 19.8 Å². The highest BCUT2D eigenvalue weighted by molar-refractivity contribution is 7.80. The molecular weight excluding hydrogens is 376 g/mol. The monoisotopic (exact) mass is 404 g/mol. The van der Waals surface area contributed by atoms with Crippen molar-refractivity contribution in [3.05, 3.63) is 82.4 Å². The minimum absolute atomic E-state index is 0.0382. The minimum Gasteiger partial charge on any atom is -0.352 e. The molecule has 1 saturated heterocycles. The van der Waals surface area contributed by atoms with E-state index < -0.39 is 0 Å². The van der Waals surface area contributed by atoms with Gasteiger partial charge in [0.1, 0.15) is 0 Å². The van der Waals surface area contributed by atoms with Gasteiger partial charge in [-0.1, -0.05) is 18.2 Å². The minimum atomic E-state index is 0.0382. The Morgan fingerprint density at radius 2 is 1.86 bits per heavy atom. The number of pyridine rings is 1. The van der Waals surface area contributed by atoms with Crippen molar-refractivity contribution in [2.45, 2.75) is 46.7 Å². The Morgan fingerprint density at radius 3 is 2.55 bits per heavy atom. The molecule has 1 aromatic carbocycles. The van der Waals surface area contributed by atoms with E-state index in [2.05, 4.69) is 84.7 Å². The van der Waals surface area contributed by atoms with Crippen molar-refractivity contribution in [3.8, 4) is 5.69 Å². The van der Waals surface area contributed by atoms with Crippen LogP contribution < -0.4 is 5.32 Å². The second-order valence-corrected chi connectivity index (χ2v) is 8.18. The highest BCUT2D eigenvalue weighted by Crippen LogP contribution is 2.41. The van der Waals surface area contributed by atoms with Gasteiger partial charge < -0.3 is 14.8 Å². The number of likely N-dealkylation sites (N-methyl/N-ethyl adjacent to an activating group) is 1. The number of rotatable bonds is 4. The summed E-state index contributed by atoms with van der Waals surface area (Å²) in [6.07, 6.45) is 1.85. The number of hydrogen-bond acceptors (Lipinski definition) is 2. The van der Waals surface area contributed by atoms with Crippen LogP contribution in [0, 0.1) is 27.7 Å². The van der Waals surface area contributed by atoms with Crippen molar-refractivity contribution < 1.29 is 0 Å². The van der Waals surface area contributed by atoms with Gasteiger partial charge in [0.2, 0.25) is 0 Å². The number of nitrogens with one attached hydrogen (secondary N) is 1. The number of hydrogen-bond donors (Lipinski definition) is 1. The van der Waals surface area contributed by atoms with Crippen LogP contribution in [0.4, 0.5) is 0 Å². The zero-order valence-electron chi connectivity index (χ0n) is 17.7. The van der Waals surface area contributed by atoms with Crippen LogP contribution in [0.5, 0.6) is 0 Å². The van der Waals surface area contributed by atoms with E-state index in [1.165, 1.54) is 33.8 Å². The second kappa shape index (κ2) is 7.64. The average molecular weight is 405 g/mol. The Morgan fingerprint density at radius 1 is 1.07 bits per heavy atom. The van der Waals surface area contributed by atoms with Crippen molar-refractivity contribution in [1.29, 1.82) is 0 Å². The van der Waals surface area contributed by atoms with E-state index in [9.17, 15) is 0 Å². The van der Waals surface area contributed by atoms with Crippen LogP contribution in [0.25, 0.3) is 5.69 Å². The lowest BCUT2D eigenvalue weighted by Crippen LogP contribution is -2.29. The quantitative estimate of drug-likeness (QED) is 0.614. The molecule has 150 valence electrons. The van der Waals surface area contributed by atoms with Crippen LogP contribution in [0.2, 0.25) is 0 Å². The van der Waals surface area contributed by atoms with Gasteiger partial charge in [-0.3, -0.25) is 4.98 Å². The van der Waals surface area contributed by atoms with E-state index in [1.54, 1.807) is 0 Å². The van der Waals surface area contributed by atoms with Gasteiger partial charge in [0.05, 0.1) is 17.8 Å². The average Bonchev–Trinajstić information content (AvgIpc) is 3.20. The molecule has 0 saturated carbocycles. The topological polar surface area (TPSA) is 33.1 Å². The summed E-state index contributed by atoms with van der Waals surface area (Å²) >= 11 is 5.69. The number of aromatic nitrogens is 2. The third-order valence-corrected chi connectivity index (χ3v) is 6.50. The molecule has 3 heterocycles. The summed E-state index contributed by atoms with van der Waals surface area (Å²) in [5, 5.41) is 4.32. The molecule has 1 aliphatic rings. The second-order valence-electron chi connectivity index (χ2n) is 7.79. The van der Waals surface area contributed by atoms with Gasteiger partial charge >= 0.3 is 0 Å². The molecule has 1 aliphatic heterocycles. The van der Waals surface area contributed by atoms with E-state index in [-0.39, 0.29) is 12.1 Å². The molecule has 0 unspecified atom stereocenters. The molecule has 2 atom stereocenters. The van der Waals surface area contributed by atoms with Crippen molar-refractivity contribution in [2.75, 3.05) is 6.54 Å². The van der Waals surface area contributed by atoms with Crippen LogP contribution in [0.3, 0.4) is 0 Å². The zero-order valence-corrected chi connectivity index (χ0v) is 18.5. The molecule has 5 heteroatoms. The van der Waals surface area contributed by atoms with Crippen LogP contribution in [-0.4, -0.2) is 26.1 Å². The normalized spacial score (nSPS) is 18.9. The van der Waals surface area contributed by atoms with Gasteiger partial charge in [-0.2, -0.15) is 0 Å². The van der Waals surface area contributed by atoms with Gasteiger partial charge in [-0.05, 0) is 87.8 Å². The van der Waals surface area contributed by atoms with Crippen molar-refractivity contribution in [3.63, 3.8) is 0 Å². The summed E-state index contributed by atoms with van der Waals surface area (Å²) in [6.45, 7) is 11.8. The Kier molecular flexibility index (Phi) is 5.17. The lowest BCUT2D eigenvalue weighted by Gasteiger charge is -2.27. The van der Waals surface area contributed by atoms with Crippen molar-refractivity contribution >= 4 is 17.3 Å². The molecule has 1 fully saturated rings. The fourth-order valence-corrected chi connectivity index (χ4v) is 4.89. The molecule has 1 N–H and O–H groups in total. The van der Waals surface area contributed by atoms with Crippen LogP contribution in [0.15, 0.2) is 48.7 Å². The highest BCUT2D eigenvalue weighted by Gasteiger charge is 2.40.